The van der Waals surface area contributed by atoms with Crippen molar-refractivity contribution < 1.29 is 4.74 Å². The summed E-state index contributed by atoms with van der Waals surface area (Å²) >= 11 is 0. The molecule has 2 heterocycles. The van der Waals surface area contributed by atoms with Crippen LogP contribution in [0, 0.1) is 0 Å². The van der Waals surface area contributed by atoms with Gasteiger partial charge in [0.25, 0.3) is 0 Å². The van der Waals surface area contributed by atoms with E-state index in [1.54, 1.807) is 0 Å². The minimum Gasteiger partial charge on any atom is -0.364 e. The molecule has 50 valence electrons. The first kappa shape index (κ1) is 5.48. The first-order valence-corrected chi connectivity index (χ1v) is 3.50. The summed E-state index contributed by atoms with van der Waals surface area (Å²) in [4.78, 5) is 0. The zero-order valence-electron chi connectivity index (χ0n) is 5.98. The Kier molecular flexibility index (Phi) is 0.755. The van der Waals surface area contributed by atoms with Crippen LogP contribution < -0.4 is 0 Å². The second-order valence-corrected chi connectivity index (χ2v) is 3.65. The minimum atomic E-state index is 0.104. The SMILES string of the molecule is CC12C=CCC(C)(C1)O2. The lowest BCUT2D eigenvalue weighted by atomic mass is 9.75. The molecule has 3 rings (SSSR count). The molecular formula is C8H12O. The molecule has 0 spiro atoms. The number of hydrogen-bond donors (Lipinski definition) is 0. The fraction of sp³-hybridized carbons (Fsp3) is 0.750. The number of ether oxygens (including phenoxy) is 1. The van der Waals surface area contributed by atoms with Crippen molar-refractivity contribution in [2.75, 3.05) is 0 Å². The normalized spacial score (nSPS) is 54.9. The third-order valence-corrected chi connectivity index (χ3v) is 2.22. The first-order chi connectivity index (χ1) is 4.12. The number of rotatable bonds is 0. The van der Waals surface area contributed by atoms with E-state index < -0.39 is 0 Å². The molecule has 2 atom stereocenters. The molecular weight excluding hydrogens is 112 g/mol. The highest BCUT2D eigenvalue weighted by molar-refractivity contribution is 5.18. The summed E-state index contributed by atoms with van der Waals surface area (Å²) in [6, 6.07) is 0. The lowest BCUT2D eigenvalue weighted by molar-refractivity contribution is -0.237. The van der Waals surface area contributed by atoms with Crippen molar-refractivity contribution in [2.45, 2.75) is 37.9 Å². The predicted octanol–water partition coefficient (Wildman–Crippen LogP) is 1.88. The molecule has 0 N–H and O–H groups in total. The van der Waals surface area contributed by atoms with Crippen molar-refractivity contribution in [3.63, 3.8) is 0 Å². The Morgan fingerprint density at radius 1 is 1.44 bits per heavy atom. The number of fused-ring (bicyclic) bond motifs is 1. The molecule has 0 radical (unpaired) electrons. The van der Waals surface area contributed by atoms with Crippen LogP contribution in [0.3, 0.4) is 0 Å². The molecule has 0 saturated carbocycles. The third-order valence-electron chi connectivity index (χ3n) is 2.22. The van der Waals surface area contributed by atoms with Gasteiger partial charge in [0, 0.05) is 6.42 Å². The molecule has 2 aliphatic heterocycles. The van der Waals surface area contributed by atoms with Gasteiger partial charge in [-0.1, -0.05) is 12.2 Å². The average Bonchev–Trinajstić information content (AvgIpc) is 1.59. The van der Waals surface area contributed by atoms with Crippen LogP contribution in [0.25, 0.3) is 0 Å². The van der Waals surface area contributed by atoms with Crippen LogP contribution in [0.5, 0.6) is 0 Å². The Labute approximate surface area is 55.7 Å². The topological polar surface area (TPSA) is 9.23 Å². The van der Waals surface area contributed by atoms with Gasteiger partial charge in [-0.15, -0.1) is 0 Å². The van der Waals surface area contributed by atoms with E-state index in [0.717, 1.165) is 6.42 Å². The lowest BCUT2D eigenvalue weighted by Gasteiger charge is -2.54. The van der Waals surface area contributed by atoms with E-state index in [9.17, 15) is 0 Å². The molecule has 9 heavy (non-hydrogen) atoms. The van der Waals surface area contributed by atoms with E-state index in [-0.39, 0.29) is 11.2 Å². The van der Waals surface area contributed by atoms with Gasteiger partial charge in [0.2, 0.25) is 0 Å². The molecule has 0 aromatic carbocycles. The van der Waals surface area contributed by atoms with Gasteiger partial charge in [-0.25, -0.2) is 0 Å². The summed E-state index contributed by atoms with van der Waals surface area (Å²) in [6.07, 6.45) is 6.71. The molecule has 1 fully saturated rings. The van der Waals surface area contributed by atoms with Gasteiger partial charge in [-0.2, -0.15) is 0 Å². The summed E-state index contributed by atoms with van der Waals surface area (Å²) in [5.41, 5.74) is 0.302. The van der Waals surface area contributed by atoms with Crippen molar-refractivity contribution in [1.82, 2.24) is 0 Å². The second-order valence-electron chi connectivity index (χ2n) is 3.65. The molecule has 0 aromatic rings. The first-order valence-electron chi connectivity index (χ1n) is 3.50. The van der Waals surface area contributed by atoms with Gasteiger partial charge in [0.15, 0.2) is 0 Å². The van der Waals surface area contributed by atoms with Crippen molar-refractivity contribution in [1.29, 1.82) is 0 Å². The van der Waals surface area contributed by atoms with Crippen LogP contribution in [-0.4, -0.2) is 11.2 Å². The average molecular weight is 124 g/mol. The van der Waals surface area contributed by atoms with Crippen LogP contribution in [-0.2, 0) is 4.74 Å². The van der Waals surface area contributed by atoms with E-state index >= 15 is 0 Å². The van der Waals surface area contributed by atoms with Crippen LogP contribution in [0.1, 0.15) is 26.7 Å². The zero-order valence-corrected chi connectivity index (χ0v) is 5.98. The Morgan fingerprint density at radius 2 is 2.11 bits per heavy atom. The number of hydrogen-bond acceptors (Lipinski definition) is 1. The Morgan fingerprint density at radius 3 is 2.44 bits per heavy atom. The lowest BCUT2D eigenvalue weighted by Crippen LogP contribution is -2.57. The highest BCUT2D eigenvalue weighted by Gasteiger charge is 2.50. The van der Waals surface area contributed by atoms with Crippen LogP contribution >= 0.6 is 0 Å². The summed E-state index contributed by atoms with van der Waals surface area (Å²) in [7, 11) is 0. The molecule has 2 bridgehead atoms. The van der Waals surface area contributed by atoms with Crippen molar-refractivity contribution >= 4 is 0 Å². The fourth-order valence-corrected chi connectivity index (χ4v) is 2.06. The van der Waals surface area contributed by atoms with Crippen molar-refractivity contribution in [2.24, 2.45) is 0 Å². The maximum absolute atomic E-state index is 5.66. The van der Waals surface area contributed by atoms with Gasteiger partial charge >= 0.3 is 0 Å². The Hall–Kier alpha value is -0.300. The molecule has 1 heteroatoms. The third kappa shape index (κ3) is 0.645. The van der Waals surface area contributed by atoms with E-state index in [0.29, 0.717) is 0 Å². The predicted molar refractivity (Wildman–Crippen MR) is 36.3 cm³/mol. The maximum atomic E-state index is 5.66. The molecule has 1 saturated heterocycles. The monoisotopic (exact) mass is 124 g/mol. The van der Waals surface area contributed by atoms with E-state index in [2.05, 4.69) is 26.0 Å². The summed E-state index contributed by atoms with van der Waals surface area (Å²) in [6.45, 7) is 4.32. The molecule has 2 unspecified atom stereocenters. The molecule has 1 nitrogen and oxygen atoms in total. The molecule has 0 amide bonds. The molecule has 3 aliphatic rings. The van der Waals surface area contributed by atoms with Gasteiger partial charge < -0.3 is 4.74 Å². The van der Waals surface area contributed by atoms with E-state index in [1.807, 2.05) is 0 Å². The van der Waals surface area contributed by atoms with Crippen LogP contribution in [0.2, 0.25) is 0 Å². The highest BCUT2D eigenvalue weighted by atomic mass is 16.5. The van der Waals surface area contributed by atoms with Gasteiger partial charge in [0.1, 0.15) is 0 Å². The summed E-state index contributed by atoms with van der Waals surface area (Å²) < 4.78 is 5.66. The van der Waals surface area contributed by atoms with Crippen molar-refractivity contribution in [3.8, 4) is 0 Å². The summed E-state index contributed by atoms with van der Waals surface area (Å²) in [5.74, 6) is 0. The van der Waals surface area contributed by atoms with Gasteiger partial charge in [-0.3, -0.25) is 0 Å². The van der Waals surface area contributed by atoms with Crippen molar-refractivity contribution in [3.05, 3.63) is 12.2 Å². The Bertz CT molecular complexity index is 163. The fourth-order valence-electron chi connectivity index (χ4n) is 2.06. The molecule has 0 aromatic heterocycles. The Balaban J connectivity index is 2.27. The van der Waals surface area contributed by atoms with Gasteiger partial charge in [0.05, 0.1) is 11.2 Å². The smallest absolute Gasteiger partial charge is 0.0869 e. The standard InChI is InChI=1S/C8H12O/c1-7-4-3-5-8(2,6-7)9-7/h3-4H,5-6H2,1-2H3. The van der Waals surface area contributed by atoms with Crippen LogP contribution in [0.15, 0.2) is 12.2 Å². The molecule has 1 aliphatic carbocycles. The van der Waals surface area contributed by atoms with Crippen LogP contribution in [0.4, 0.5) is 0 Å². The van der Waals surface area contributed by atoms with E-state index in [4.69, 9.17) is 4.74 Å². The van der Waals surface area contributed by atoms with E-state index in [1.165, 1.54) is 6.42 Å². The largest absolute Gasteiger partial charge is 0.364 e. The second kappa shape index (κ2) is 1.24. The zero-order chi connectivity index (χ0) is 6.54. The minimum absolute atomic E-state index is 0.104. The highest BCUT2D eigenvalue weighted by Crippen LogP contribution is 2.47. The quantitative estimate of drug-likeness (QED) is 0.448. The summed E-state index contributed by atoms with van der Waals surface area (Å²) in [5, 5.41) is 0. The van der Waals surface area contributed by atoms with Gasteiger partial charge in [-0.05, 0) is 20.3 Å². The maximum Gasteiger partial charge on any atom is 0.0869 e.